The second-order valence-electron chi connectivity index (χ2n) is 12.3. The smallest absolute Gasteiger partial charge is 0.342 e. The molecular weight excluding hydrogens is 627 g/mol. The Morgan fingerprint density at radius 2 is 1.00 bits per heavy atom. The molecule has 1 fully saturated rings. The lowest BCUT2D eigenvalue weighted by molar-refractivity contribution is -0.156. The van der Waals surface area contributed by atoms with Crippen LogP contribution in [0.25, 0.3) is 0 Å². The summed E-state index contributed by atoms with van der Waals surface area (Å²) in [7, 11) is -5.97. The molecule has 1 aliphatic rings. The van der Waals surface area contributed by atoms with Crippen molar-refractivity contribution in [2.45, 2.75) is 68.3 Å². The topological polar surface area (TPSA) is 88.7 Å². The van der Waals surface area contributed by atoms with E-state index in [4.69, 9.17) is 9.47 Å². The first-order valence-corrected chi connectivity index (χ1v) is 16.9. The fourth-order valence-electron chi connectivity index (χ4n) is 6.33. The van der Waals surface area contributed by atoms with Crippen LogP contribution in [0.2, 0.25) is 0 Å². The van der Waals surface area contributed by atoms with Gasteiger partial charge in [-0.05, 0) is 49.9 Å². The van der Waals surface area contributed by atoms with Crippen molar-refractivity contribution in [3.05, 3.63) is 144 Å². The Kier molecular flexibility index (Phi) is 9.98. The molecule has 0 spiro atoms. The lowest BCUT2D eigenvalue weighted by Gasteiger charge is -2.48. The molecule has 0 saturated carbocycles. The summed E-state index contributed by atoms with van der Waals surface area (Å²) in [5, 5.41) is 7.05. The zero-order valence-corrected chi connectivity index (χ0v) is 27.5. The van der Waals surface area contributed by atoms with Gasteiger partial charge in [-0.25, -0.2) is 8.42 Å². The number of alkyl halides is 3. The number of rotatable bonds is 12. The van der Waals surface area contributed by atoms with E-state index in [0.717, 1.165) is 11.1 Å². The Morgan fingerprint density at radius 1 is 0.660 bits per heavy atom. The van der Waals surface area contributed by atoms with Crippen molar-refractivity contribution in [2.75, 3.05) is 6.67 Å². The van der Waals surface area contributed by atoms with Crippen LogP contribution in [0.15, 0.2) is 121 Å². The number of hydrogen-bond acceptors (Lipinski definition) is 6. The van der Waals surface area contributed by atoms with Gasteiger partial charge in [0.15, 0.2) is 5.79 Å². The molecule has 1 saturated heterocycles. The molecule has 4 aromatic carbocycles. The minimum atomic E-state index is -5.97. The van der Waals surface area contributed by atoms with Crippen molar-refractivity contribution in [3.63, 3.8) is 0 Å². The van der Waals surface area contributed by atoms with Crippen LogP contribution in [0, 0.1) is 0 Å². The lowest BCUT2D eigenvalue weighted by Crippen LogP contribution is -2.66. The molecule has 7 nitrogen and oxygen atoms in total. The number of ether oxygens (including phenoxy) is 2. The Hall–Kier alpha value is -3.58. The highest BCUT2D eigenvalue weighted by molar-refractivity contribution is 7.90. The molecule has 3 N–H and O–H groups in total. The molecule has 0 amide bonds. The second-order valence-corrected chi connectivity index (χ2v) is 14.0. The minimum Gasteiger partial charge on any atom is -0.342 e. The molecule has 0 radical (unpaired) electrons. The molecule has 0 aromatic heterocycles. The molecule has 0 unspecified atom stereocenters. The van der Waals surface area contributed by atoms with Crippen LogP contribution in [0.5, 0.6) is 0 Å². The van der Waals surface area contributed by atoms with Gasteiger partial charge in [-0.3, -0.25) is 5.32 Å². The van der Waals surface area contributed by atoms with E-state index in [9.17, 15) is 21.6 Å². The molecule has 250 valence electrons. The number of halogens is 3. The average Bonchev–Trinajstić information content (AvgIpc) is 3.38. The van der Waals surface area contributed by atoms with Crippen molar-refractivity contribution < 1.29 is 31.1 Å². The van der Waals surface area contributed by atoms with E-state index < -0.39 is 44.6 Å². The van der Waals surface area contributed by atoms with Crippen molar-refractivity contribution in [1.29, 1.82) is 0 Å². The molecular formula is C36H40F3N3O4S. The molecule has 4 aromatic rings. The zero-order chi connectivity index (χ0) is 33.9. The summed E-state index contributed by atoms with van der Waals surface area (Å²) in [6, 6.07) is 35.4. The predicted molar refractivity (Wildman–Crippen MR) is 176 cm³/mol. The summed E-state index contributed by atoms with van der Waals surface area (Å²) in [5.74, 6) is -1.37. The fourth-order valence-corrected chi connectivity index (χ4v) is 7.22. The van der Waals surface area contributed by atoms with Crippen LogP contribution in [0.1, 0.15) is 49.9 Å². The van der Waals surface area contributed by atoms with Crippen LogP contribution >= 0.6 is 0 Å². The Labute approximate surface area is 274 Å². The van der Waals surface area contributed by atoms with Crippen LogP contribution in [0.3, 0.4) is 0 Å². The Morgan fingerprint density at radius 3 is 1.34 bits per heavy atom. The lowest BCUT2D eigenvalue weighted by atomic mass is 9.69. The summed E-state index contributed by atoms with van der Waals surface area (Å²) in [5.41, 5.74) is -7.07. The first kappa shape index (κ1) is 34.7. The maximum absolute atomic E-state index is 14.4. The van der Waals surface area contributed by atoms with E-state index >= 15 is 0 Å². The maximum atomic E-state index is 14.4. The normalized spacial score (nSPS) is 18.8. The van der Waals surface area contributed by atoms with E-state index in [0.29, 0.717) is 0 Å². The first-order chi connectivity index (χ1) is 22.2. The summed E-state index contributed by atoms with van der Waals surface area (Å²) in [4.78, 5) is 0. The third-order valence-corrected chi connectivity index (χ3v) is 9.54. The van der Waals surface area contributed by atoms with Crippen LogP contribution in [-0.4, -0.2) is 44.6 Å². The van der Waals surface area contributed by atoms with Gasteiger partial charge >= 0.3 is 15.5 Å². The monoisotopic (exact) mass is 667 g/mol. The van der Waals surface area contributed by atoms with Crippen molar-refractivity contribution in [1.82, 2.24) is 15.4 Å². The van der Waals surface area contributed by atoms with E-state index in [2.05, 4.69) is 15.4 Å². The summed E-state index contributed by atoms with van der Waals surface area (Å²) in [6.45, 7) is 7.61. The van der Waals surface area contributed by atoms with Gasteiger partial charge < -0.3 is 14.8 Å². The van der Waals surface area contributed by atoms with Gasteiger partial charge in [0.1, 0.15) is 17.7 Å². The highest BCUT2D eigenvalue weighted by Gasteiger charge is 2.64. The van der Waals surface area contributed by atoms with Gasteiger partial charge in [0, 0.05) is 12.7 Å². The number of nitrogens with one attached hydrogen (secondary N) is 3. The summed E-state index contributed by atoms with van der Waals surface area (Å²) in [6.07, 6.45) is -2.49. The average molecular weight is 668 g/mol. The largest absolute Gasteiger partial charge is 0.511 e. The van der Waals surface area contributed by atoms with Crippen molar-refractivity contribution in [3.8, 4) is 0 Å². The molecule has 11 heteroatoms. The van der Waals surface area contributed by atoms with Gasteiger partial charge in [0.05, 0.1) is 5.54 Å². The molecule has 1 aliphatic heterocycles. The number of sulfonamides is 1. The van der Waals surface area contributed by atoms with Gasteiger partial charge in [-0.1, -0.05) is 121 Å². The number of benzene rings is 4. The molecule has 1 heterocycles. The zero-order valence-electron chi connectivity index (χ0n) is 26.7. The summed E-state index contributed by atoms with van der Waals surface area (Å²) >= 11 is 0. The third kappa shape index (κ3) is 6.87. The van der Waals surface area contributed by atoms with Gasteiger partial charge in [-0.15, -0.1) is 0 Å². The maximum Gasteiger partial charge on any atom is 0.511 e. The second kappa shape index (κ2) is 13.5. The van der Waals surface area contributed by atoms with E-state index in [1.807, 2.05) is 74.5 Å². The van der Waals surface area contributed by atoms with Gasteiger partial charge in [0.25, 0.3) is 0 Å². The highest BCUT2D eigenvalue weighted by atomic mass is 32.2. The molecule has 47 heavy (non-hydrogen) atoms. The first-order valence-electron chi connectivity index (χ1n) is 15.4. The molecule has 0 aliphatic carbocycles. The van der Waals surface area contributed by atoms with Crippen LogP contribution in [-0.2, 0) is 30.6 Å². The Balaban J connectivity index is 1.89. The summed E-state index contributed by atoms with van der Waals surface area (Å²) < 4.78 is 85.5. The molecule has 5 rings (SSSR count). The molecule has 2 atom stereocenters. The highest BCUT2D eigenvalue weighted by Crippen LogP contribution is 2.51. The fraction of sp³-hybridized carbons (Fsp3) is 0.333. The SMILES string of the molecule is CC(C)NCNC(c1ccccc1)(c1ccccc1)[C@@H]1OC(C)(C)O[C@H]1C(NS(=O)(=O)C(F)(F)F)(c1ccccc1)c1ccccc1. The number of hydrogen-bond donors (Lipinski definition) is 3. The van der Waals surface area contributed by atoms with Crippen molar-refractivity contribution >= 4 is 10.0 Å². The van der Waals surface area contributed by atoms with Gasteiger partial charge in [-0.2, -0.15) is 17.9 Å². The van der Waals surface area contributed by atoms with Crippen LogP contribution < -0.4 is 15.4 Å². The van der Waals surface area contributed by atoms with E-state index in [-0.39, 0.29) is 23.8 Å². The standard InChI is InChI=1S/C36H40F3N3O4S/c1-26(2)40-25-41-34(27-17-9-5-10-18-27,28-19-11-6-12-20-28)31-32(46-33(3,4)45-31)35(29-21-13-7-14-22-29,30-23-15-8-16-24-30)42-47(43,44)36(37,38)39/h5-24,26,31-32,40-42H,25H2,1-4H3/t31-,32-/m1/s1. The van der Waals surface area contributed by atoms with E-state index in [1.165, 1.54) is 0 Å². The van der Waals surface area contributed by atoms with Gasteiger partial charge in [0.2, 0.25) is 0 Å². The minimum absolute atomic E-state index is 0.0889. The predicted octanol–water partition coefficient (Wildman–Crippen LogP) is 6.38. The van der Waals surface area contributed by atoms with Crippen LogP contribution in [0.4, 0.5) is 13.2 Å². The third-order valence-electron chi connectivity index (χ3n) is 8.34. The quantitative estimate of drug-likeness (QED) is 0.152. The Bertz CT molecular complexity index is 1630. The molecule has 0 bridgehead atoms. The van der Waals surface area contributed by atoms with E-state index in [1.54, 1.807) is 74.5 Å². The van der Waals surface area contributed by atoms with Crippen molar-refractivity contribution in [2.24, 2.45) is 0 Å².